The smallest absolute Gasteiger partial charge is 0.250 e. The zero-order valence-electron chi connectivity index (χ0n) is 3.34. The van der Waals surface area contributed by atoms with E-state index in [4.69, 9.17) is 0 Å². The first-order chi connectivity index (χ1) is 3.63. The molecule has 0 aliphatic heterocycles. The van der Waals surface area contributed by atoms with Crippen molar-refractivity contribution >= 4 is 22.0 Å². The fraction of sp³-hybridized carbons (Fsp3) is 0. The molecule has 0 saturated heterocycles. The van der Waals surface area contributed by atoms with Gasteiger partial charge in [-0.3, -0.25) is 0 Å². The van der Waals surface area contributed by atoms with E-state index in [0.29, 0.717) is 0 Å². The Morgan fingerprint density at radius 1 is 1.00 bits per heavy atom. The highest BCUT2D eigenvalue weighted by Gasteiger charge is 2.12. The standard InChI is InChI=1S/N2O4S2/c3-1(4)7-8-2(5)6. The van der Waals surface area contributed by atoms with Crippen LogP contribution >= 0.6 is 22.0 Å². The third-order valence-electron chi connectivity index (χ3n) is 0.155. The highest BCUT2D eigenvalue weighted by atomic mass is 33.1. The SMILES string of the molecule is O=[N+]([O-])SS[N+](=O)[O-]. The van der Waals surface area contributed by atoms with Crippen LogP contribution in [-0.2, 0) is 0 Å². The Morgan fingerprint density at radius 2 is 1.25 bits per heavy atom. The van der Waals surface area contributed by atoms with Crippen LogP contribution in [0.1, 0.15) is 0 Å². The van der Waals surface area contributed by atoms with E-state index in [-0.39, 0.29) is 22.0 Å². The fourth-order valence-corrected chi connectivity index (χ4v) is 0.490. The molecular weight excluding hydrogens is 156 g/mol. The van der Waals surface area contributed by atoms with Crippen molar-refractivity contribution in [2.24, 2.45) is 0 Å². The molecule has 0 N–H and O–H groups in total. The van der Waals surface area contributed by atoms with Crippen LogP contribution in [0.3, 0.4) is 0 Å². The molecule has 0 rings (SSSR count). The molecule has 0 aromatic carbocycles. The number of hydrogen-bond donors (Lipinski definition) is 0. The highest BCUT2D eigenvalue weighted by molar-refractivity contribution is 8.71. The van der Waals surface area contributed by atoms with Crippen molar-refractivity contribution in [1.29, 1.82) is 0 Å². The van der Waals surface area contributed by atoms with E-state index in [2.05, 4.69) is 0 Å². The lowest BCUT2D eigenvalue weighted by Gasteiger charge is -1.76. The summed E-state index contributed by atoms with van der Waals surface area (Å²) in [6.45, 7) is 0. The molecule has 0 aliphatic rings. The molecule has 8 heteroatoms. The van der Waals surface area contributed by atoms with Gasteiger partial charge in [0.25, 0.3) is 0 Å². The average Bonchev–Trinajstić information content (AvgIpc) is 1.61. The van der Waals surface area contributed by atoms with Gasteiger partial charge in [0, 0.05) is 0 Å². The van der Waals surface area contributed by atoms with E-state index >= 15 is 0 Å². The van der Waals surface area contributed by atoms with E-state index < -0.39 is 8.66 Å². The summed E-state index contributed by atoms with van der Waals surface area (Å²) in [7, 11) is -0.0417. The zero-order chi connectivity index (χ0) is 6.57. The Labute approximate surface area is 51.6 Å². The van der Waals surface area contributed by atoms with Crippen LogP contribution in [0, 0.1) is 20.2 Å². The molecule has 0 fully saturated rings. The van der Waals surface area contributed by atoms with E-state index in [1.54, 1.807) is 0 Å². The first-order valence-electron chi connectivity index (χ1n) is 1.26. The van der Waals surface area contributed by atoms with Gasteiger partial charge in [0.1, 0.15) is 8.66 Å². The van der Waals surface area contributed by atoms with Crippen LogP contribution in [0.4, 0.5) is 0 Å². The maximum Gasteiger partial charge on any atom is 0.380 e. The van der Waals surface area contributed by atoms with Gasteiger partial charge in [-0.05, 0) is 0 Å². The molecule has 0 radical (unpaired) electrons. The minimum absolute atomic E-state index is 0.0208. The summed E-state index contributed by atoms with van der Waals surface area (Å²) in [4.78, 5) is 18.7. The lowest BCUT2D eigenvalue weighted by atomic mass is 13.4. The Bertz CT molecular complexity index is 96.6. The second-order valence-corrected chi connectivity index (χ2v) is 2.39. The predicted molar refractivity (Wildman–Crippen MR) is 29.2 cm³/mol. The van der Waals surface area contributed by atoms with Gasteiger partial charge < -0.3 is 0 Å². The van der Waals surface area contributed by atoms with Gasteiger partial charge in [-0.15, -0.1) is 0 Å². The molecular formula is N2O4S2. The number of rotatable bonds is 3. The van der Waals surface area contributed by atoms with Crippen molar-refractivity contribution in [2.45, 2.75) is 0 Å². The van der Waals surface area contributed by atoms with Gasteiger partial charge >= 0.3 is 22.0 Å². The molecule has 0 aromatic heterocycles. The van der Waals surface area contributed by atoms with Gasteiger partial charge in [0.2, 0.25) is 0 Å². The van der Waals surface area contributed by atoms with E-state index in [9.17, 15) is 20.2 Å². The Hall–Kier alpha value is -0.500. The first-order valence-corrected chi connectivity index (χ1v) is 3.33. The van der Waals surface area contributed by atoms with Crippen LogP contribution in [0.2, 0.25) is 0 Å². The van der Waals surface area contributed by atoms with Gasteiger partial charge in [-0.25, -0.2) is 20.2 Å². The summed E-state index contributed by atoms with van der Waals surface area (Å²) in [5.74, 6) is 0. The van der Waals surface area contributed by atoms with Crippen LogP contribution in [-0.4, -0.2) is 8.66 Å². The Kier molecular flexibility index (Phi) is 3.28. The van der Waals surface area contributed by atoms with E-state index in [1.807, 2.05) is 0 Å². The largest absolute Gasteiger partial charge is 0.380 e. The molecule has 0 spiro atoms. The molecule has 0 aliphatic carbocycles. The first kappa shape index (κ1) is 7.50. The normalized spacial score (nSPS) is 8.50. The van der Waals surface area contributed by atoms with Crippen molar-refractivity contribution in [3.63, 3.8) is 0 Å². The van der Waals surface area contributed by atoms with Gasteiger partial charge in [0.15, 0.2) is 0 Å². The lowest BCUT2D eigenvalue weighted by Crippen LogP contribution is -1.82. The maximum atomic E-state index is 9.35. The van der Waals surface area contributed by atoms with Gasteiger partial charge in [0.05, 0.1) is 0 Å². The molecule has 0 aromatic rings. The molecule has 0 atom stereocenters. The lowest BCUT2D eigenvalue weighted by molar-refractivity contribution is -0.294. The number of hydrogen-bond acceptors (Lipinski definition) is 6. The number of nitro groups is 2. The predicted octanol–water partition coefficient (Wildman–Crippen LogP) is 0.751. The third-order valence-corrected chi connectivity index (χ3v) is 1.40. The van der Waals surface area contributed by atoms with Crippen molar-refractivity contribution < 1.29 is 8.66 Å². The average molecular weight is 156 g/mol. The topological polar surface area (TPSA) is 86.3 Å². The molecule has 6 nitrogen and oxygen atoms in total. The fourth-order valence-electron chi connectivity index (χ4n) is 0.0544. The van der Waals surface area contributed by atoms with E-state index in [0.717, 1.165) is 0 Å². The molecule has 0 unspecified atom stereocenters. The van der Waals surface area contributed by atoms with Crippen molar-refractivity contribution in [1.82, 2.24) is 0 Å². The molecule has 8 heavy (non-hydrogen) atoms. The molecule has 0 saturated carbocycles. The summed E-state index contributed by atoms with van der Waals surface area (Å²) in [5, 5.41) is 18.7. The van der Waals surface area contributed by atoms with E-state index in [1.165, 1.54) is 0 Å². The van der Waals surface area contributed by atoms with Crippen LogP contribution in [0.15, 0.2) is 0 Å². The summed E-state index contributed by atoms with van der Waals surface area (Å²) in [5.41, 5.74) is 0. The quantitative estimate of drug-likeness (QED) is 0.259. The second-order valence-electron chi connectivity index (χ2n) is 0.596. The Balaban J connectivity index is 3.18. The number of nitrogens with zero attached hydrogens (tertiary/aromatic N) is 2. The monoisotopic (exact) mass is 156 g/mol. The minimum Gasteiger partial charge on any atom is -0.250 e. The summed E-state index contributed by atoms with van der Waals surface area (Å²) < 4.78 is -1.68. The Morgan fingerprint density at radius 3 is 1.38 bits per heavy atom. The summed E-state index contributed by atoms with van der Waals surface area (Å²) in [6.07, 6.45) is 0. The molecule has 0 amide bonds. The van der Waals surface area contributed by atoms with Crippen LogP contribution in [0.25, 0.3) is 0 Å². The van der Waals surface area contributed by atoms with Crippen LogP contribution < -0.4 is 0 Å². The van der Waals surface area contributed by atoms with Crippen molar-refractivity contribution in [3.05, 3.63) is 20.2 Å². The minimum atomic E-state index is -0.840. The van der Waals surface area contributed by atoms with Crippen molar-refractivity contribution in [2.75, 3.05) is 0 Å². The summed E-state index contributed by atoms with van der Waals surface area (Å²) >= 11 is 0. The molecule has 0 bridgehead atoms. The van der Waals surface area contributed by atoms with Gasteiger partial charge in [-0.1, -0.05) is 0 Å². The van der Waals surface area contributed by atoms with Crippen LogP contribution in [0.5, 0.6) is 0 Å². The zero-order valence-corrected chi connectivity index (χ0v) is 4.98. The van der Waals surface area contributed by atoms with Crippen molar-refractivity contribution in [3.8, 4) is 0 Å². The summed E-state index contributed by atoms with van der Waals surface area (Å²) in [6, 6.07) is 0. The second kappa shape index (κ2) is 3.50. The molecule has 0 heterocycles. The molecule has 46 valence electrons. The third kappa shape index (κ3) is 5.50. The maximum absolute atomic E-state index is 9.35. The highest BCUT2D eigenvalue weighted by Crippen LogP contribution is 2.20. The van der Waals surface area contributed by atoms with Gasteiger partial charge in [-0.2, -0.15) is 0 Å².